The first-order chi connectivity index (χ1) is 14.2. The molecule has 0 spiro atoms. The van der Waals surface area contributed by atoms with Gasteiger partial charge in [0.05, 0.1) is 23.4 Å². The molecule has 2 heterocycles. The van der Waals surface area contributed by atoms with Gasteiger partial charge in [-0.25, -0.2) is 9.37 Å². The standard InChI is InChI=1S/C21H15F4N3OS/c22-15-6-4-12(5-7-15)9-28-10-17(29)18(19(28)26)20-27-16(11-30-20)13-2-1-3-14(8-13)21(23,24)25/h1-8,11,26,29H,9-10H2. The topological polar surface area (TPSA) is 60.2 Å². The molecular weight excluding hydrogens is 418 g/mol. The number of thiazole rings is 1. The molecule has 4 rings (SSSR count). The normalized spacial score (nSPS) is 14.7. The molecular formula is C21H15F4N3OS. The molecule has 0 bridgehead atoms. The fraction of sp³-hybridized carbons (Fsp3) is 0.143. The zero-order chi connectivity index (χ0) is 21.5. The molecule has 2 aromatic carbocycles. The van der Waals surface area contributed by atoms with Crippen molar-refractivity contribution in [3.05, 3.63) is 81.6 Å². The van der Waals surface area contributed by atoms with Crippen molar-refractivity contribution in [3.8, 4) is 11.3 Å². The summed E-state index contributed by atoms with van der Waals surface area (Å²) in [6.07, 6.45) is -4.45. The highest BCUT2D eigenvalue weighted by Gasteiger charge is 2.32. The largest absolute Gasteiger partial charge is 0.510 e. The number of halogens is 4. The fourth-order valence-electron chi connectivity index (χ4n) is 3.18. The van der Waals surface area contributed by atoms with Gasteiger partial charge in [0.25, 0.3) is 0 Å². The summed E-state index contributed by atoms with van der Waals surface area (Å²) in [6.45, 7) is 0.405. The summed E-state index contributed by atoms with van der Waals surface area (Å²) in [6, 6.07) is 10.7. The van der Waals surface area contributed by atoms with Crippen LogP contribution >= 0.6 is 11.3 Å². The van der Waals surface area contributed by atoms with Crippen LogP contribution in [-0.2, 0) is 12.7 Å². The van der Waals surface area contributed by atoms with Crippen molar-refractivity contribution in [1.82, 2.24) is 9.88 Å². The predicted octanol–water partition coefficient (Wildman–Crippen LogP) is 5.73. The first-order valence-electron chi connectivity index (χ1n) is 8.86. The number of nitrogens with one attached hydrogen (secondary N) is 1. The van der Waals surface area contributed by atoms with Gasteiger partial charge in [-0.1, -0.05) is 24.3 Å². The number of aromatic nitrogens is 1. The summed E-state index contributed by atoms with van der Waals surface area (Å²) in [4.78, 5) is 5.97. The number of hydrogen-bond acceptors (Lipinski definition) is 4. The van der Waals surface area contributed by atoms with Gasteiger partial charge < -0.3 is 10.0 Å². The van der Waals surface area contributed by atoms with Gasteiger partial charge >= 0.3 is 6.18 Å². The van der Waals surface area contributed by atoms with E-state index in [0.717, 1.165) is 29.0 Å². The van der Waals surface area contributed by atoms with E-state index < -0.39 is 11.7 Å². The second kappa shape index (κ2) is 7.56. The zero-order valence-electron chi connectivity index (χ0n) is 15.4. The maximum atomic E-state index is 13.1. The van der Waals surface area contributed by atoms with Crippen molar-refractivity contribution >= 4 is 22.7 Å². The summed E-state index contributed by atoms with van der Waals surface area (Å²) < 4.78 is 52.0. The van der Waals surface area contributed by atoms with Gasteiger partial charge in [-0.05, 0) is 29.8 Å². The van der Waals surface area contributed by atoms with Crippen LogP contribution in [0, 0.1) is 11.2 Å². The quantitative estimate of drug-likeness (QED) is 0.517. The number of hydrogen-bond donors (Lipinski definition) is 2. The van der Waals surface area contributed by atoms with Crippen molar-refractivity contribution in [1.29, 1.82) is 5.41 Å². The van der Waals surface area contributed by atoms with Crippen LogP contribution in [0.4, 0.5) is 17.6 Å². The summed E-state index contributed by atoms with van der Waals surface area (Å²) in [5, 5.41) is 20.7. The average molecular weight is 433 g/mol. The Labute approximate surface area is 173 Å². The maximum absolute atomic E-state index is 13.1. The Bertz CT molecular complexity index is 1140. The lowest BCUT2D eigenvalue weighted by molar-refractivity contribution is -0.137. The molecule has 0 saturated carbocycles. The van der Waals surface area contributed by atoms with E-state index in [1.165, 1.54) is 24.3 Å². The summed E-state index contributed by atoms with van der Waals surface area (Å²) >= 11 is 1.15. The molecule has 30 heavy (non-hydrogen) atoms. The highest BCUT2D eigenvalue weighted by atomic mass is 32.1. The molecule has 1 aromatic heterocycles. The Balaban J connectivity index is 1.56. The number of nitrogens with zero attached hydrogens (tertiary/aromatic N) is 2. The second-order valence-electron chi connectivity index (χ2n) is 6.77. The Morgan fingerprint density at radius 3 is 2.57 bits per heavy atom. The van der Waals surface area contributed by atoms with Crippen molar-refractivity contribution < 1.29 is 22.7 Å². The highest BCUT2D eigenvalue weighted by molar-refractivity contribution is 7.11. The number of aliphatic hydroxyl groups excluding tert-OH is 1. The molecule has 0 radical (unpaired) electrons. The third-order valence-corrected chi connectivity index (χ3v) is 5.53. The van der Waals surface area contributed by atoms with Gasteiger partial charge in [-0.15, -0.1) is 11.3 Å². The van der Waals surface area contributed by atoms with Crippen LogP contribution in [0.5, 0.6) is 0 Å². The number of benzene rings is 2. The molecule has 0 unspecified atom stereocenters. The number of rotatable bonds is 4. The van der Waals surface area contributed by atoms with E-state index in [4.69, 9.17) is 5.41 Å². The summed E-state index contributed by atoms with van der Waals surface area (Å²) in [7, 11) is 0. The van der Waals surface area contributed by atoms with Gasteiger partial charge in [-0.2, -0.15) is 13.2 Å². The number of amidine groups is 1. The van der Waals surface area contributed by atoms with Gasteiger partial charge in [0.1, 0.15) is 22.4 Å². The van der Waals surface area contributed by atoms with Gasteiger partial charge in [-0.3, -0.25) is 5.41 Å². The van der Waals surface area contributed by atoms with Crippen molar-refractivity contribution in [2.75, 3.05) is 6.54 Å². The highest BCUT2D eigenvalue weighted by Crippen LogP contribution is 2.35. The molecule has 0 amide bonds. The number of aliphatic hydroxyl groups is 1. The van der Waals surface area contributed by atoms with Crippen LogP contribution in [0.1, 0.15) is 16.1 Å². The van der Waals surface area contributed by atoms with Crippen LogP contribution in [0.3, 0.4) is 0 Å². The van der Waals surface area contributed by atoms with Gasteiger partial charge in [0.15, 0.2) is 0 Å². The van der Waals surface area contributed by atoms with E-state index in [1.54, 1.807) is 22.4 Å². The van der Waals surface area contributed by atoms with E-state index in [1.807, 2.05) is 0 Å². The van der Waals surface area contributed by atoms with Crippen LogP contribution in [-0.4, -0.2) is 27.4 Å². The van der Waals surface area contributed by atoms with Crippen molar-refractivity contribution in [2.24, 2.45) is 0 Å². The summed E-state index contributed by atoms with van der Waals surface area (Å²) in [5.74, 6) is -0.337. The van der Waals surface area contributed by atoms with Crippen LogP contribution in [0.2, 0.25) is 0 Å². The predicted molar refractivity (Wildman–Crippen MR) is 107 cm³/mol. The molecule has 1 aliphatic heterocycles. The van der Waals surface area contributed by atoms with E-state index in [2.05, 4.69) is 4.98 Å². The average Bonchev–Trinajstić information content (AvgIpc) is 3.28. The second-order valence-corrected chi connectivity index (χ2v) is 7.63. The Morgan fingerprint density at radius 1 is 1.13 bits per heavy atom. The van der Waals surface area contributed by atoms with Crippen LogP contribution in [0.25, 0.3) is 16.8 Å². The van der Waals surface area contributed by atoms with Gasteiger partial charge in [0.2, 0.25) is 0 Å². The van der Waals surface area contributed by atoms with E-state index >= 15 is 0 Å². The lowest BCUT2D eigenvalue weighted by atomic mass is 10.1. The minimum absolute atomic E-state index is 0.0351. The SMILES string of the molecule is N=C1C(c2nc(-c3cccc(C(F)(F)F)c3)cs2)=C(O)CN1Cc1ccc(F)cc1. The third kappa shape index (κ3) is 3.93. The molecule has 0 saturated heterocycles. The zero-order valence-corrected chi connectivity index (χ0v) is 16.2. The monoisotopic (exact) mass is 433 g/mol. The van der Waals surface area contributed by atoms with E-state index in [-0.39, 0.29) is 29.5 Å². The number of alkyl halides is 3. The van der Waals surface area contributed by atoms with E-state index in [0.29, 0.717) is 22.8 Å². The van der Waals surface area contributed by atoms with Crippen LogP contribution in [0.15, 0.2) is 59.7 Å². The van der Waals surface area contributed by atoms with E-state index in [9.17, 15) is 22.7 Å². The lowest BCUT2D eigenvalue weighted by Crippen LogP contribution is -2.26. The van der Waals surface area contributed by atoms with Crippen molar-refractivity contribution in [2.45, 2.75) is 12.7 Å². The minimum atomic E-state index is -4.45. The minimum Gasteiger partial charge on any atom is -0.510 e. The molecule has 0 atom stereocenters. The smallest absolute Gasteiger partial charge is 0.416 e. The molecule has 4 nitrogen and oxygen atoms in total. The molecule has 0 fully saturated rings. The summed E-state index contributed by atoms with van der Waals surface area (Å²) in [5.41, 5.74) is 0.904. The molecule has 2 N–H and O–H groups in total. The first-order valence-corrected chi connectivity index (χ1v) is 9.74. The Morgan fingerprint density at radius 2 is 1.87 bits per heavy atom. The molecule has 0 aliphatic carbocycles. The Hall–Kier alpha value is -3.20. The fourth-order valence-corrected chi connectivity index (χ4v) is 4.08. The maximum Gasteiger partial charge on any atom is 0.416 e. The lowest BCUT2D eigenvalue weighted by Gasteiger charge is -2.18. The van der Waals surface area contributed by atoms with Gasteiger partial charge in [0, 0.05) is 17.5 Å². The van der Waals surface area contributed by atoms with Crippen molar-refractivity contribution in [3.63, 3.8) is 0 Å². The molecule has 3 aromatic rings. The Kier molecular flexibility index (Phi) is 5.07. The molecule has 154 valence electrons. The third-order valence-electron chi connectivity index (χ3n) is 4.67. The molecule has 1 aliphatic rings. The first kappa shape index (κ1) is 20.1. The molecule has 9 heteroatoms. The van der Waals surface area contributed by atoms with Crippen LogP contribution < -0.4 is 0 Å².